The van der Waals surface area contributed by atoms with Crippen molar-refractivity contribution in [2.24, 2.45) is 0 Å². The van der Waals surface area contributed by atoms with Crippen molar-refractivity contribution in [2.75, 3.05) is 5.75 Å². The number of thioether (sulfide) groups is 1. The van der Waals surface area contributed by atoms with Crippen LogP contribution in [0.2, 0.25) is 0 Å². The molecule has 0 spiro atoms. The number of rotatable bonds is 5. The molecule has 2 heteroatoms. The normalized spacial score (nSPS) is 9.88. The zero-order chi connectivity index (χ0) is 11.9. The summed E-state index contributed by atoms with van der Waals surface area (Å²) in [7, 11) is 0. The highest BCUT2D eigenvalue weighted by molar-refractivity contribution is 7.99. The SMILES string of the molecule is C=CCSc1ccccc1Oc1ccccc1. The highest BCUT2D eigenvalue weighted by atomic mass is 32.2. The van der Waals surface area contributed by atoms with Gasteiger partial charge in [0.05, 0.1) is 4.90 Å². The highest BCUT2D eigenvalue weighted by Crippen LogP contribution is 2.32. The number of hydrogen-bond acceptors (Lipinski definition) is 2. The molecule has 2 aromatic carbocycles. The van der Waals surface area contributed by atoms with Crippen molar-refractivity contribution in [3.8, 4) is 11.5 Å². The van der Waals surface area contributed by atoms with Crippen molar-refractivity contribution in [2.45, 2.75) is 4.90 Å². The molecule has 0 aliphatic heterocycles. The second-order valence-electron chi connectivity index (χ2n) is 3.46. The Morgan fingerprint density at radius 2 is 1.71 bits per heavy atom. The summed E-state index contributed by atoms with van der Waals surface area (Å²) in [6, 6.07) is 17.9. The lowest BCUT2D eigenvalue weighted by atomic mass is 10.3. The number of hydrogen-bond donors (Lipinski definition) is 0. The Morgan fingerprint density at radius 3 is 2.47 bits per heavy atom. The zero-order valence-corrected chi connectivity index (χ0v) is 10.3. The third kappa shape index (κ3) is 3.40. The van der Waals surface area contributed by atoms with Gasteiger partial charge in [0, 0.05) is 5.75 Å². The average Bonchev–Trinajstić information content (AvgIpc) is 2.39. The fourth-order valence-corrected chi connectivity index (χ4v) is 2.14. The summed E-state index contributed by atoms with van der Waals surface area (Å²) in [6.45, 7) is 3.73. The largest absolute Gasteiger partial charge is 0.456 e. The predicted octanol–water partition coefficient (Wildman–Crippen LogP) is 4.76. The van der Waals surface area contributed by atoms with Crippen LogP contribution in [0.1, 0.15) is 0 Å². The lowest BCUT2D eigenvalue weighted by Crippen LogP contribution is -1.86. The lowest BCUT2D eigenvalue weighted by Gasteiger charge is -2.09. The molecule has 1 nitrogen and oxygen atoms in total. The third-order valence-electron chi connectivity index (χ3n) is 2.18. The summed E-state index contributed by atoms with van der Waals surface area (Å²) in [5, 5.41) is 0. The quantitative estimate of drug-likeness (QED) is 0.552. The molecule has 0 heterocycles. The first-order chi connectivity index (χ1) is 8.40. The van der Waals surface area contributed by atoms with Crippen LogP contribution >= 0.6 is 11.8 Å². The van der Waals surface area contributed by atoms with E-state index in [1.165, 1.54) is 0 Å². The van der Waals surface area contributed by atoms with E-state index in [1.807, 2.05) is 54.6 Å². The summed E-state index contributed by atoms with van der Waals surface area (Å²) in [6.07, 6.45) is 1.89. The molecule has 0 atom stereocenters. The molecule has 2 aromatic rings. The van der Waals surface area contributed by atoms with Crippen LogP contribution in [0.5, 0.6) is 11.5 Å². The fraction of sp³-hybridized carbons (Fsp3) is 0.0667. The van der Waals surface area contributed by atoms with E-state index >= 15 is 0 Å². The first kappa shape index (κ1) is 11.8. The fourth-order valence-electron chi connectivity index (χ4n) is 1.42. The Kier molecular flexibility index (Phi) is 4.28. The molecule has 0 bridgehead atoms. The van der Waals surface area contributed by atoms with Crippen molar-refractivity contribution < 1.29 is 4.74 Å². The maximum atomic E-state index is 5.85. The molecule has 0 amide bonds. The summed E-state index contributed by atoms with van der Waals surface area (Å²) in [5.41, 5.74) is 0. The number of benzene rings is 2. The second-order valence-corrected chi connectivity index (χ2v) is 4.52. The Balaban J connectivity index is 2.17. The molecular weight excluding hydrogens is 228 g/mol. The van der Waals surface area contributed by atoms with Gasteiger partial charge in [0.25, 0.3) is 0 Å². The van der Waals surface area contributed by atoms with E-state index in [2.05, 4.69) is 12.6 Å². The van der Waals surface area contributed by atoms with Crippen molar-refractivity contribution in [1.82, 2.24) is 0 Å². The summed E-state index contributed by atoms with van der Waals surface area (Å²) in [5.74, 6) is 2.64. The monoisotopic (exact) mass is 242 g/mol. The van der Waals surface area contributed by atoms with Gasteiger partial charge in [0.2, 0.25) is 0 Å². The second kappa shape index (κ2) is 6.16. The van der Waals surface area contributed by atoms with Gasteiger partial charge in [-0.3, -0.25) is 0 Å². The van der Waals surface area contributed by atoms with E-state index < -0.39 is 0 Å². The molecule has 0 fully saturated rings. The number of para-hydroxylation sites is 2. The minimum atomic E-state index is 0.860. The molecule has 0 saturated carbocycles. The van der Waals surface area contributed by atoms with Crippen molar-refractivity contribution in [1.29, 1.82) is 0 Å². The molecule has 2 rings (SSSR count). The summed E-state index contributed by atoms with van der Waals surface area (Å²) < 4.78 is 5.85. The Labute approximate surface area is 106 Å². The average molecular weight is 242 g/mol. The van der Waals surface area contributed by atoms with Gasteiger partial charge in [-0.2, -0.15) is 0 Å². The minimum absolute atomic E-state index is 0.860. The van der Waals surface area contributed by atoms with Crippen LogP contribution < -0.4 is 4.74 Å². The molecule has 0 aliphatic rings. The molecule has 0 unspecified atom stereocenters. The maximum absolute atomic E-state index is 5.85. The van der Waals surface area contributed by atoms with E-state index in [4.69, 9.17) is 4.74 Å². The first-order valence-corrected chi connectivity index (χ1v) is 6.44. The van der Waals surface area contributed by atoms with Gasteiger partial charge in [-0.1, -0.05) is 36.4 Å². The van der Waals surface area contributed by atoms with Gasteiger partial charge in [-0.25, -0.2) is 0 Å². The topological polar surface area (TPSA) is 9.23 Å². The van der Waals surface area contributed by atoms with Crippen molar-refractivity contribution in [3.05, 3.63) is 67.3 Å². The van der Waals surface area contributed by atoms with Gasteiger partial charge in [-0.05, 0) is 24.3 Å². The molecule has 86 valence electrons. The van der Waals surface area contributed by atoms with Crippen LogP contribution in [0.25, 0.3) is 0 Å². The van der Waals surface area contributed by atoms with E-state index in [1.54, 1.807) is 11.8 Å². The Bertz CT molecular complexity index is 479. The standard InChI is InChI=1S/C15H14OS/c1-2-12-17-15-11-7-6-10-14(15)16-13-8-4-3-5-9-13/h2-11H,1,12H2. The van der Waals surface area contributed by atoms with Crippen LogP contribution in [0.4, 0.5) is 0 Å². The van der Waals surface area contributed by atoms with Crippen LogP contribution in [-0.2, 0) is 0 Å². The Hall–Kier alpha value is -1.67. The molecule has 17 heavy (non-hydrogen) atoms. The summed E-state index contributed by atoms with van der Waals surface area (Å²) >= 11 is 1.72. The minimum Gasteiger partial charge on any atom is -0.456 e. The molecule has 0 aromatic heterocycles. The van der Waals surface area contributed by atoms with Crippen LogP contribution in [0, 0.1) is 0 Å². The third-order valence-corrected chi connectivity index (χ3v) is 3.23. The van der Waals surface area contributed by atoms with E-state index in [0.717, 1.165) is 22.1 Å². The van der Waals surface area contributed by atoms with Crippen molar-refractivity contribution >= 4 is 11.8 Å². The maximum Gasteiger partial charge on any atom is 0.140 e. The molecule has 0 saturated heterocycles. The molecule has 0 aliphatic carbocycles. The summed E-state index contributed by atoms with van der Waals surface area (Å²) in [4.78, 5) is 1.14. The van der Waals surface area contributed by atoms with E-state index in [0.29, 0.717) is 0 Å². The molecule has 0 radical (unpaired) electrons. The van der Waals surface area contributed by atoms with Gasteiger partial charge in [0.1, 0.15) is 11.5 Å². The van der Waals surface area contributed by atoms with Crippen LogP contribution in [0.3, 0.4) is 0 Å². The van der Waals surface area contributed by atoms with Crippen LogP contribution in [0.15, 0.2) is 72.1 Å². The van der Waals surface area contributed by atoms with Gasteiger partial charge in [-0.15, -0.1) is 18.3 Å². The van der Waals surface area contributed by atoms with E-state index in [-0.39, 0.29) is 0 Å². The van der Waals surface area contributed by atoms with Crippen LogP contribution in [-0.4, -0.2) is 5.75 Å². The highest BCUT2D eigenvalue weighted by Gasteiger charge is 2.03. The molecule has 0 N–H and O–H groups in total. The van der Waals surface area contributed by atoms with Gasteiger partial charge >= 0.3 is 0 Å². The Morgan fingerprint density at radius 1 is 1.00 bits per heavy atom. The smallest absolute Gasteiger partial charge is 0.140 e. The van der Waals surface area contributed by atoms with E-state index in [9.17, 15) is 0 Å². The predicted molar refractivity (Wildman–Crippen MR) is 73.9 cm³/mol. The lowest BCUT2D eigenvalue weighted by molar-refractivity contribution is 0.471. The first-order valence-electron chi connectivity index (χ1n) is 5.46. The zero-order valence-electron chi connectivity index (χ0n) is 9.50. The van der Waals surface area contributed by atoms with Crippen molar-refractivity contribution in [3.63, 3.8) is 0 Å². The number of ether oxygens (including phenoxy) is 1. The molecular formula is C15H14OS. The van der Waals surface area contributed by atoms with Gasteiger partial charge in [0.15, 0.2) is 0 Å². The van der Waals surface area contributed by atoms with Gasteiger partial charge < -0.3 is 4.74 Å².